The van der Waals surface area contributed by atoms with Crippen molar-refractivity contribution in [2.75, 3.05) is 6.61 Å². The molecule has 0 radical (unpaired) electrons. The highest BCUT2D eigenvalue weighted by molar-refractivity contribution is 5.91. The highest BCUT2D eigenvalue weighted by atomic mass is 16.4. The molecular formula is C12H16O5. The van der Waals surface area contributed by atoms with Crippen LogP contribution in [0, 0.1) is 13.8 Å². The van der Waals surface area contributed by atoms with Crippen LogP contribution in [-0.4, -0.2) is 39.1 Å². The van der Waals surface area contributed by atoms with Gasteiger partial charge < -0.3 is 20.4 Å². The Morgan fingerprint density at radius 1 is 1.24 bits per heavy atom. The maximum absolute atomic E-state index is 11.0. The highest BCUT2D eigenvalue weighted by Gasteiger charge is 2.20. The van der Waals surface area contributed by atoms with Crippen molar-refractivity contribution in [3.05, 3.63) is 34.4 Å². The number of aromatic carboxylic acids is 1. The Balaban J connectivity index is 3.19. The van der Waals surface area contributed by atoms with Gasteiger partial charge in [0, 0.05) is 0 Å². The molecule has 0 aliphatic carbocycles. The molecule has 2 unspecified atom stereocenters. The van der Waals surface area contributed by atoms with Gasteiger partial charge in [-0.05, 0) is 30.5 Å². The summed E-state index contributed by atoms with van der Waals surface area (Å²) in [5.74, 6) is -1.02. The summed E-state index contributed by atoms with van der Waals surface area (Å²) < 4.78 is 0. The van der Waals surface area contributed by atoms with Gasteiger partial charge in [-0.1, -0.05) is 12.1 Å². The Bertz CT molecular complexity index is 404. The molecule has 5 nitrogen and oxygen atoms in total. The van der Waals surface area contributed by atoms with Crippen molar-refractivity contribution in [3.63, 3.8) is 0 Å². The van der Waals surface area contributed by atoms with E-state index in [-0.39, 0.29) is 5.56 Å². The van der Waals surface area contributed by atoms with Gasteiger partial charge in [0.05, 0.1) is 12.2 Å². The van der Waals surface area contributed by atoms with E-state index in [1.807, 2.05) is 0 Å². The summed E-state index contributed by atoms with van der Waals surface area (Å²) in [4.78, 5) is 11.0. The number of benzene rings is 1. The molecule has 1 aromatic carbocycles. The zero-order valence-electron chi connectivity index (χ0n) is 9.71. The molecule has 0 saturated heterocycles. The first-order chi connectivity index (χ1) is 7.88. The number of carboxylic acid groups (broad SMARTS) is 1. The summed E-state index contributed by atoms with van der Waals surface area (Å²) in [5, 5.41) is 36.8. The lowest BCUT2D eigenvalue weighted by Crippen LogP contribution is -2.22. The van der Waals surface area contributed by atoms with Crippen molar-refractivity contribution in [1.29, 1.82) is 0 Å². The fourth-order valence-electron chi connectivity index (χ4n) is 1.83. The van der Waals surface area contributed by atoms with Gasteiger partial charge in [-0.25, -0.2) is 4.79 Å². The molecule has 0 spiro atoms. The Hall–Kier alpha value is -1.43. The van der Waals surface area contributed by atoms with Crippen molar-refractivity contribution in [3.8, 4) is 0 Å². The third-order valence-corrected chi connectivity index (χ3v) is 2.66. The minimum Gasteiger partial charge on any atom is -0.478 e. The summed E-state index contributed by atoms with van der Waals surface area (Å²) in [6.45, 7) is 2.69. The largest absolute Gasteiger partial charge is 0.478 e. The van der Waals surface area contributed by atoms with Crippen molar-refractivity contribution in [1.82, 2.24) is 0 Å². The summed E-state index contributed by atoms with van der Waals surface area (Å²) in [6.07, 6.45) is -2.50. The topological polar surface area (TPSA) is 98.0 Å². The number of carbonyl (C=O) groups is 1. The zero-order chi connectivity index (χ0) is 13.2. The van der Waals surface area contributed by atoms with Crippen LogP contribution in [0.4, 0.5) is 0 Å². The molecule has 0 saturated carbocycles. The maximum Gasteiger partial charge on any atom is 0.336 e. The van der Waals surface area contributed by atoms with Crippen molar-refractivity contribution in [2.24, 2.45) is 0 Å². The molecule has 1 rings (SSSR count). The lowest BCUT2D eigenvalue weighted by molar-refractivity contribution is -0.0153. The molecule has 0 bridgehead atoms. The number of hydrogen-bond donors (Lipinski definition) is 4. The van der Waals surface area contributed by atoms with E-state index in [0.29, 0.717) is 16.7 Å². The van der Waals surface area contributed by atoms with Gasteiger partial charge in [-0.2, -0.15) is 0 Å². The standard InChI is InChI=1S/C12H16O5/c1-6-3-8(11(15)9(14)5-13)4-7(2)10(6)12(16)17/h3-4,9,11,13-15H,5H2,1-2H3,(H,16,17). The van der Waals surface area contributed by atoms with E-state index < -0.39 is 24.8 Å². The van der Waals surface area contributed by atoms with Crippen LogP contribution in [-0.2, 0) is 0 Å². The molecule has 5 heteroatoms. The second-order valence-corrected chi connectivity index (χ2v) is 4.03. The molecule has 0 aliphatic rings. The lowest BCUT2D eigenvalue weighted by Gasteiger charge is -2.18. The van der Waals surface area contributed by atoms with Crippen LogP contribution < -0.4 is 0 Å². The highest BCUT2D eigenvalue weighted by Crippen LogP contribution is 2.23. The second-order valence-electron chi connectivity index (χ2n) is 4.03. The van der Waals surface area contributed by atoms with E-state index in [0.717, 1.165) is 0 Å². The summed E-state index contributed by atoms with van der Waals surface area (Å²) >= 11 is 0. The molecule has 2 atom stereocenters. The molecule has 0 aliphatic heterocycles. The smallest absolute Gasteiger partial charge is 0.336 e. The van der Waals surface area contributed by atoms with E-state index in [4.69, 9.17) is 10.2 Å². The minimum atomic E-state index is -1.27. The fraction of sp³-hybridized carbons (Fsp3) is 0.417. The predicted octanol–water partition coefficient (Wildman–Crippen LogP) is 0.388. The van der Waals surface area contributed by atoms with Crippen LogP contribution in [0.5, 0.6) is 0 Å². The fourth-order valence-corrected chi connectivity index (χ4v) is 1.83. The predicted molar refractivity (Wildman–Crippen MR) is 60.9 cm³/mol. The molecule has 0 heterocycles. The van der Waals surface area contributed by atoms with Crippen LogP contribution in [0.25, 0.3) is 0 Å². The van der Waals surface area contributed by atoms with E-state index in [1.54, 1.807) is 13.8 Å². The van der Waals surface area contributed by atoms with Crippen LogP contribution in [0.1, 0.15) is 33.2 Å². The summed E-state index contributed by atoms with van der Waals surface area (Å²) in [5.41, 5.74) is 1.61. The molecule has 94 valence electrons. The average Bonchev–Trinajstić information content (AvgIpc) is 2.25. The first kappa shape index (κ1) is 13.6. The van der Waals surface area contributed by atoms with Gasteiger partial charge in [0.2, 0.25) is 0 Å². The molecule has 17 heavy (non-hydrogen) atoms. The van der Waals surface area contributed by atoms with Crippen LogP contribution in [0.2, 0.25) is 0 Å². The third-order valence-electron chi connectivity index (χ3n) is 2.66. The van der Waals surface area contributed by atoms with Gasteiger partial charge in [0.25, 0.3) is 0 Å². The number of aryl methyl sites for hydroxylation is 2. The number of rotatable bonds is 4. The van der Waals surface area contributed by atoms with E-state index in [1.165, 1.54) is 12.1 Å². The molecule has 0 amide bonds. The first-order valence-corrected chi connectivity index (χ1v) is 5.20. The van der Waals surface area contributed by atoms with Crippen LogP contribution in [0.15, 0.2) is 12.1 Å². The zero-order valence-corrected chi connectivity index (χ0v) is 9.71. The SMILES string of the molecule is Cc1cc(C(O)C(O)CO)cc(C)c1C(=O)O. The van der Waals surface area contributed by atoms with Gasteiger partial charge in [0.15, 0.2) is 0 Å². The maximum atomic E-state index is 11.0. The van der Waals surface area contributed by atoms with Crippen molar-refractivity contribution in [2.45, 2.75) is 26.1 Å². The molecule has 0 aromatic heterocycles. The lowest BCUT2D eigenvalue weighted by atomic mass is 9.95. The third kappa shape index (κ3) is 2.82. The van der Waals surface area contributed by atoms with Crippen LogP contribution in [0.3, 0.4) is 0 Å². The van der Waals surface area contributed by atoms with Gasteiger partial charge >= 0.3 is 5.97 Å². The number of aliphatic hydroxyl groups is 3. The summed E-state index contributed by atoms with van der Waals surface area (Å²) in [6, 6.07) is 3.00. The normalized spacial score (nSPS) is 14.4. The number of hydrogen-bond acceptors (Lipinski definition) is 4. The first-order valence-electron chi connectivity index (χ1n) is 5.20. The number of aliphatic hydroxyl groups excluding tert-OH is 3. The second kappa shape index (κ2) is 5.27. The monoisotopic (exact) mass is 240 g/mol. The Kier molecular flexibility index (Phi) is 4.22. The Labute approximate surface area is 99.0 Å². The van der Waals surface area contributed by atoms with Crippen molar-refractivity contribution < 1.29 is 25.2 Å². The average molecular weight is 240 g/mol. The van der Waals surface area contributed by atoms with E-state index in [2.05, 4.69) is 0 Å². The van der Waals surface area contributed by atoms with Gasteiger partial charge in [-0.15, -0.1) is 0 Å². The van der Waals surface area contributed by atoms with Crippen LogP contribution >= 0.6 is 0 Å². The Morgan fingerprint density at radius 2 is 1.71 bits per heavy atom. The molecule has 4 N–H and O–H groups in total. The van der Waals surface area contributed by atoms with Gasteiger partial charge in [-0.3, -0.25) is 0 Å². The Morgan fingerprint density at radius 3 is 2.06 bits per heavy atom. The summed E-state index contributed by atoms with van der Waals surface area (Å²) in [7, 11) is 0. The quantitative estimate of drug-likeness (QED) is 0.610. The minimum absolute atomic E-state index is 0.194. The molecule has 1 aromatic rings. The molecular weight excluding hydrogens is 224 g/mol. The number of carboxylic acids is 1. The van der Waals surface area contributed by atoms with E-state index in [9.17, 15) is 15.0 Å². The molecule has 0 fully saturated rings. The van der Waals surface area contributed by atoms with Gasteiger partial charge in [0.1, 0.15) is 12.2 Å². The van der Waals surface area contributed by atoms with E-state index >= 15 is 0 Å². The van der Waals surface area contributed by atoms with Crippen molar-refractivity contribution >= 4 is 5.97 Å².